The van der Waals surface area contributed by atoms with Gasteiger partial charge < -0.3 is 10.2 Å². The van der Waals surface area contributed by atoms with Crippen LogP contribution in [0.1, 0.15) is 6.92 Å². The lowest BCUT2D eigenvalue weighted by molar-refractivity contribution is -0.130. The van der Waals surface area contributed by atoms with E-state index in [1.165, 1.54) is 0 Å². The van der Waals surface area contributed by atoms with Crippen LogP contribution in [0.3, 0.4) is 0 Å². The molecule has 1 N–H and O–H groups in total. The average Bonchev–Trinajstić information content (AvgIpc) is 2.38. The lowest BCUT2D eigenvalue weighted by Gasteiger charge is -2.33. The van der Waals surface area contributed by atoms with Crippen LogP contribution in [0.5, 0.6) is 0 Å². The van der Waals surface area contributed by atoms with Crippen molar-refractivity contribution >= 4 is 35.8 Å². The standard InChI is InChI=1S/C13H18N2OS.ClH/c1-11-10-17-8-7-15(11)13(16)9-14-12-5-3-2-4-6-12;/h2-6,11,14H,7-10H2,1H3;1H. The Hall–Kier alpha value is -0.870. The highest BCUT2D eigenvalue weighted by Gasteiger charge is 2.22. The third-order valence-corrected chi connectivity index (χ3v) is 4.09. The Bertz CT molecular complexity index is 375. The van der Waals surface area contributed by atoms with Crippen molar-refractivity contribution in [1.29, 1.82) is 0 Å². The van der Waals surface area contributed by atoms with Gasteiger partial charge in [-0.25, -0.2) is 0 Å². The van der Waals surface area contributed by atoms with Gasteiger partial charge in [0.1, 0.15) is 0 Å². The maximum atomic E-state index is 12.0. The summed E-state index contributed by atoms with van der Waals surface area (Å²) >= 11 is 1.92. The van der Waals surface area contributed by atoms with E-state index < -0.39 is 0 Å². The third-order valence-electron chi connectivity index (χ3n) is 2.91. The van der Waals surface area contributed by atoms with E-state index in [1.807, 2.05) is 47.0 Å². The number of anilines is 1. The zero-order valence-corrected chi connectivity index (χ0v) is 12.1. The fourth-order valence-corrected chi connectivity index (χ4v) is 2.95. The Morgan fingerprint density at radius 3 is 2.83 bits per heavy atom. The van der Waals surface area contributed by atoms with Crippen LogP contribution in [-0.4, -0.2) is 41.4 Å². The molecule has 1 aromatic rings. The molecule has 0 radical (unpaired) electrons. The molecule has 100 valence electrons. The molecule has 2 rings (SSSR count). The van der Waals surface area contributed by atoms with E-state index in [9.17, 15) is 4.79 Å². The van der Waals surface area contributed by atoms with Gasteiger partial charge in [-0.3, -0.25) is 4.79 Å². The maximum Gasteiger partial charge on any atom is 0.242 e. The normalized spacial score (nSPS) is 18.9. The Morgan fingerprint density at radius 2 is 2.17 bits per heavy atom. The molecule has 1 atom stereocenters. The first kappa shape index (κ1) is 15.2. The molecule has 1 amide bonds. The highest BCUT2D eigenvalue weighted by atomic mass is 35.5. The number of nitrogens with zero attached hydrogens (tertiary/aromatic N) is 1. The van der Waals surface area contributed by atoms with E-state index in [-0.39, 0.29) is 18.3 Å². The molecule has 1 fully saturated rings. The number of amides is 1. The van der Waals surface area contributed by atoms with Crippen molar-refractivity contribution in [3.05, 3.63) is 30.3 Å². The number of halogens is 1. The number of nitrogens with one attached hydrogen (secondary N) is 1. The summed E-state index contributed by atoms with van der Waals surface area (Å²) in [6.07, 6.45) is 0. The van der Waals surface area contributed by atoms with Crippen LogP contribution in [0.2, 0.25) is 0 Å². The SMILES string of the molecule is CC1CSCCN1C(=O)CNc1ccccc1.Cl. The molecule has 0 bridgehead atoms. The summed E-state index contributed by atoms with van der Waals surface area (Å²) in [7, 11) is 0. The molecular weight excluding hydrogens is 268 g/mol. The lowest BCUT2D eigenvalue weighted by Crippen LogP contribution is -2.46. The Labute approximate surface area is 119 Å². The molecule has 3 nitrogen and oxygen atoms in total. The fourth-order valence-electron chi connectivity index (χ4n) is 1.93. The fraction of sp³-hybridized carbons (Fsp3) is 0.462. The second-order valence-corrected chi connectivity index (χ2v) is 5.38. The third kappa shape index (κ3) is 4.10. The lowest BCUT2D eigenvalue weighted by atomic mass is 10.3. The van der Waals surface area contributed by atoms with Crippen LogP contribution >= 0.6 is 24.2 Å². The minimum atomic E-state index is 0. The first-order valence-electron chi connectivity index (χ1n) is 5.93. The van der Waals surface area contributed by atoms with Gasteiger partial charge in [0.05, 0.1) is 6.54 Å². The molecule has 5 heteroatoms. The first-order valence-corrected chi connectivity index (χ1v) is 7.09. The molecular formula is C13H19ClN2OS. The number of carbonyl (C=O) groups excluding carboxylic acids is 1. The zero-order chi connectivity index (χ0) is 12.1. The zero-order valence-electron chi connectivity index (χ0n) is 10.5. The van der Waals surface area contributed by atoms with E-state index in [4.69, 9.17) is 0 Å². The van der Waals surface area contributed by atoms with E-state index in [2.05, 4.69) is 12.2 Å². The highest BCUT2D eigenvalue weighted by Crippen LogP contribution is 2.16. The topological polar surface area (TPSA) is 32.3 Å². The largest absolute Gasteiger partial charge is 0.376 e. The van der Waals surface area contributed by atoms with E-state index >= 15 is 0 Å². The van der Waals surface area contributed by atoms with Gasteiger partial charge in [-0.1, -0.05) is 18.2 Å². The summed E-state index contributed by atoms with van der Waals surface area (Å²) in [6, 6.07) is 10.2. The molecule has 1 aliphatic heterocycles. The number of hydrogen-bond acceptors (Lipinski definition) is 3. The molecule has 1 aliphatic rings. The van der Waals surface area contributed by atoms with E-state index in [0.717, 1.165) is 23.7 Å². The Kier molecular flexibility index (Phi) is 6.36. The summed E-state index contributed by atoms with van der Waals surface area (Å²) in [5, 5.41) is 3.16. The first-order chi connectivity index (χ1) is 8.27. The molecule has 1 aromatic carbocycles. The van der Waals surface area contributed by atoms with Gasteiger partial charge in [-0.15, -0.1) is 12.4 Å². The molecule has 0 saturated carbocycles. The van der Waals surface area contributed by atoms with Crippen molar-refractivity contribution in [2.24, 2.45) is 0 Å². The molecule has 1 heterocycles. The molecule has 0 aliphatic carbocycles. The van der Waals surface area contributed by atoms with Crippen molar-refractivity contribution in [2.75, 3.05) is 29.9 Å². The number of carbonyl (C=O) groups is 1. The summed E-state index contributed by atoms with van der Waals surface area (Å²) in [6.45, 7) is 3.38. The second-order valence-electron chi connectivity index (χ2n) is 4.23. The van der Waals surface area contributed by atoms with Gasteiger partial charge in [0.25, 0.3) is 0 Å². The number of hydrogen-bond donors (Lipinski definition) is 1. The van der Waals surface area contributed by atoms with E-state index in [1.54, 1.807) is 0 Å². The number of thioether (sulfide) groups is 1. The van der Waals surface area contributed by atoms with Crippen molar-refractivity contribution in [3.8, 4) is 0 Å². The van der Waals surface area contributed by atoms with Crippen molar-refractivity contribution in [3.63, 3.8) is 0 Å². The monoisotopic (exact) mass is 286 g/mol. The Balaban J connectivity index is 0.00000162. The summed E-state index contributed by atoms with van der Waals surface area (Å²) in [4.78, 5) is 14.0. The molecule has 0 spiro atoms. The molecule has 18 heavy (non-hydrogen) atoms. The number of rotatable bonds is 3. The average molecular weight is 287 g/mol. The molecule has 0 aromatic heterocycles. The van der Waals surface area contributed by atoms with Crippen LogP contribution in [0.25, 0.3) is 0 Å². The molecule has 1 unspecified atom stereocenters. The van der Waals surface area contributed by atoms with Crippen molar-refractivity contribution in [2.45, 2.75) is 13.0 Å². The number of benzene rings is 1. The maximum absolute atomic E-state index is 12.0. The Morgan fingerprint density at radius 1 is 1.44 bits per heavy atom. The van der Waals surface area contributed by atoms with Crippen LogP contribution < -0.4 is 5.32 Å². The van der Waals surface area contributed by atoms with Gasteiger partial charge in [0, 0.05) is 29.8 Å². The van der Waals surface area contributed by atoms with E-state index in [0.29, 0.717) is 12.6 Å². The van der Waals surface area contributed by atoms with Gasteiger partial charge in [0.2, 0.25) is 5.91 Å². The van der Waals surface area contributed by atoms with Crippen molar-refractivity contribution < 1.29 is 4.79 Å². The summed E-state index contributed by atoms with van der Waals surface area (Å²) in [5.41, 5.74) is 1.000. The van der Waals surface area contributed by atoms with Gasteiger partial charge >= 0.3 is 0 Å². The van der Waals surface area contributed by atoms with Crippen molar-refractivity contribution in [1.82, 2.24) is 4.90 Å². The smallest absolute Gasteiger partial charge is 0.242 e. The molecule has 1 saturated heterocycles. The predicted octanol–water partition coefficient (Wildman–Crippen LogP) is 2.48. The summed E-state index contributed by atoms with van der Waals surface area (Å²) < 4.78 is 0. The van der Waals surface area contributed by atoms with Gasteiger partial charge in [0.15, 0.2) is 0 Å². The van der Waals surface area contributed by atoms with Gasteiger partial charge in [-0.2, -0.15) is 11.8 Å². The highest BCUT2D eigenvalue weighted by molar-refractivity contribution is 7.99. The van der Waals surface area contributed by atoms with Crippen LogP contribution in [0, 0.1) is 0 Å². The van der Waals surface area contributed by atoms with Crippen LogP contribution in [0.4, 0.5) is 5.69 Å². The quantitative estimate of drug-likeness (QED) is 0.927. The minimum Gasteiger partial charge on any atom is -0.376 e. The van der Waals surface area contributed by atoms with Crippen LogP contribution in [-0.2, 0) is 4.79 Å². The second kappa shape index (κ2) is 7.54. The summed E-state index contributed by atoms with van der Waals surface area (Å²) in [5.74, 6) is 2.31. The minimum absolute atomic E-state index is 0. The predicted molar refractivity (Wildman–Crippen MR) is 80.7 cm³/mol. The van der Waals surface area contributed by atoms with Gasteiger partial charge in [-0.05, 0) is 19.1 Å². The van der Waals surface area contributed by atoms with Crippen LogP contribution in [0.15, 0.2) is 30.3 Å². The number of para-hydroxylation sites is 1.